The van der Waals surface area contributed by atoms with Crippen LogP contribution in [0.4, 0.5) is 5.69 Å². The molecule has 30 heavy (non-hydrogen) atoms. The van der Waals surface area contributed by atoms with E-state index in [1.165, 1.54) is 11.1 Å². The Labute approximate surface area is 185 Å². The van der Waals surface area contributed by atoms with Crippen molar-refractivity contribution in [2.24, 2.45) is 0 Å². The number of halogens is 1. The lowest BCUT2D eigenvalue weighted by atomic mass is 9.86. The largest absolute Gasteiger partial charge is 0.378 e. The molecule has 0 fully saturated rings. The summed E-state index contributed by atoms with van der Waals surface area (Å²) in [7, 11) is 0. The number of carbonyl (C=O) groups excluding carboxylic acids is 1. The van der Waals surface area contributed by atoms with E-state index in [2.05, 4.69) is 69.4 Å². The molecule has 0 bridgehead atoms. The topological polar surface area (TPSA) is 29.1 Å². The van der Waals surface area contributed by atoms with Crippen LogP contribution in [0.2, 0.25) is 5.02 Å². The molecule has 0 saturated heterocycles. The maximum Gasteiger partial charge on any atom is 0.165 e. The first-order valence-electron chi connectivity index (χ1n) is 10.5. The number of rotatable bonds is 7. The van der Waals surface area contributed by atoms with Crippen molar-refractivity contribution in [2.75, 3.05) is 5.32 Å². The fourth-order valence-electron chi connectivity index (χ4n) is 3.44. The van der Waals surface area contributed by atoms with Crippen LogP contribution in [0.5, 0.6) is 0 Å². The highest BCUT2D eigenvalue weighted by Gasteiger charge is 2.19. The molecular weight excluding hydrogens is 390 g/mol. The molecule has 0 unspecified atom stereocenters. The molecule has 0 aromatic heterocycles. The summed E-state index contributed by atoms with van der Waals surface area (Å²) in [6.45, 7) is 8.67. The maximum atomic E-state index is 13.1. The highest BCUT2D eigenvalue weighted by atomic mass is 35.5. The quantitative estimate of drug-likeness (QED) is 0.399. The molecule has 1 atom stereocenters. The van der Waals surface area contributed by atoms with Gasteiger partial charge in [-0.2, -0.15) is 0 Å². The van der Waals surface area contributed by atoms with E-state index in [9.17, 15) is 4.79 Å². The molecule has 0 spiro atoms. The molecule has 0 aliphatic heterocycles. The molecule has 3 aromatic rings. The van der Waals surface area contributed by atoms with Gasteiger partial charge in [0.1, 0.15) is 0 Å². The lowest BCUT2D eigenvalue weighted by Gasteiger charge is -2.21. The predicted octanol–water partition coefficient (Wildman–Crippen LogP) is 7.63. The smallest absolute Gasteiger partial charge is 0.165 e. The van der Waals surface area contributed by atoms with Gasteiger partial charge in [0, 0.05) is 22.7 Å². The van der Waals surface area contributed by atoms with E-state index in [-0.39, 0.29) is 17.2 Å². The van der Waals surface area contributed by atoms with Crippen LogP contribution in [0, 0.1) is 0 Å². The van der Waals surface area contributed by atoms with Crippen LogP contribution < -0.4 is 5.32 Å². The number of carbonyl (C=O) groups is 1. The second-order valence-corrected chi connectivity index (χ2v) is 9.19. The van der Waals surface area contributed by atoms with Crippen LogP contribution in [-0.4, -0.2) is 5.78 Å². The molecule has 0 aliphatic rings. The minimum absolute atomic E-state index is 0.0707. The lowest BCUT2D eigenvalue weighted by molar-refractivity contribution is 0.0976. The summed E-state index contributed by atoms with van der Waals surface area (Å²) in [5, 5.41) is 4.21. The number of hydrogen-bond acceptors (Lipinski definition) is 2. The van der Waals surface area contributed by atoms with Crippen LogP contribution >= 0.6 is 11.6 Å². The van der Waals surface area contributed by atoms with Crippen molar-refractivity contribution in [1.29, 1.82) is 0 Å². The van der Waals surface area contributed by atoms with Crippen molar-refractivity contribution < 1.29 is 4.79 Å². The van der Waals surface area contributed by atoms with Crippen molar-refractivity contribution in [2.45, 2.75) is 52.0 Å². The molecule has 0 heterocycles. The molecule has 0 amide bonds. The second-order valence-electron chi connectivity index (χ2n) is 8.75. The fraction of sp³-hybridized carbons (Fsp3) is 0.296. The Kier molecular flexibility index (Phi) is 6.99. The molecule has 3 aromatic carbocycles. The Hall–Kier alpha value is -2.58. The molecular formula is C27H30ClNO. The summed E-state index contributed by atoms with van der Waals surface area (Å²) in [5.74, 6) is 0.126. The first-order valence-corrected chi connectivity index (χ1v) is 10.9. The van der Waals surface area contributed by atoms with Gasteiger partial charge in [-0.1, -0.05) is 87.8 Å². The van der Waals surface area contributed by atoms with Crippen molar-refractivity contribution in [3.8, 4) is 0 Å². The molecule has 3 rings (SSSR count). The number of hydrogen-bond donors (Lipinski definition) is 1. The number of anilines is 1. The van der Waals surface area contributed by atoms with Crippen LogP contribution in [-0.2, 0) is 11.8 Å². The van der Waals surface area contributed by atoms with Gasteiger partial charge in [-0.25, -0.2) is 0 Å². The Morgan fingerprint density at radius 3 is 2.03 bits per heavy atom. The van der Waals surface area contributed by atoms with Gasteiger partial charge in [0.05, 0.1) is 6.04 Å². The van der Waals surface area contributed by atoms with E-state index < -0.39 is 0 Å². The van der Waals surface area contributed by atoms with Crippen molar-refractivity contribution in [3.05, 3.63) is 100 Å². The van der Waals surface area contributed by atoms with Gasteiger partial charge in [-0.15, -0.1) is 0 Å². The van der Waals surface area contributed by atoms with E-state index in [0.29, 0.717) is 11.4 Å². The SMILES string of the molecule is CCc1ccc([C@@H](CC(=O)c2ccc(C(C)(C)C)cc2)Nc2ccc(Cl)cc2)cc1. The van der Waals surface area contributed by atoms with Gasteiger partial charge < -0.3 is 5.32 Å². The summed E-state index contributed by atoms with van der Waals surface area (Å²) >= 11 is 6.03. The van der Waals surface area contributed by atoms with E-state index in [1.807, 2.05) is 36.4 Å². The third-order valence-electron chi connectivity index (χ3n) is 5.44. The van der Waals surface area contributed by atoms with Gasteiger partial charge in [-0.3, -0.25) is 4.79 Å². The number of Topliss-reactive ketones (excluding diaryl/α,β-unsaturated/α-hetero) is 1. The average Bonchev–Trinajstić information content (AvgIpc) is 2.74. The minimum Gasteiger partial charge on any atom is -0.378 e. The summed E-state index contributed by atoms with van der Waals surface area (Å²) in [6, 6.07) is 24.0. The Morgan fingerprint density at radius 2 is 1.50 bits per heavy atom. The van der Waals surface area contributed by atoms with Crippen molar-refractivity contribution in [1.82, 2.24) is 0 Å². The summed E-state index contributed by atoms with van der Waals surface area (Å²) < 4.78 is 0. The summed E-state index contributed by atoms with van der Waals surface area (Å²) in [5.41, 5.74) is 5.37. The third-order valence-corrected chi connectivity index (χ3v) is 5.69. The van der Waals surface area contributed by atoms with Crippen LogP contribution in [0.25, 0.3) is 0 Å². The normalized spacial score (nSPS) is 12.4. The zero-order chi connectivity index (χ0) is 21.7. The number of ketones is 1. The number of nitrogens with one attached hydrogen (secondary N) is 1. The lowest BCUT2D eigenvalue weighted by Crippen LogP contribution is -2.16. The highest BCUT2D eigenvalue weighted by molar-refractivity contribution is 6.30. The first kappa shape index (κ1) is 22.1. The van der Waals surface area contributed by atoms with Crippen molar-refractivity contribution in [3.63, 3.8) is 0 Å². The Balaban J connectivity index is 1.83. The van der Waals surface area contributed by atoms with Crippen LogP contribution in [0.3, 0.4) is 0 Å². The molecule has 3 heteroatoms. The molecule has 0 radical (unpaired) electrons. The van der Waals surface area contributed by atoms with Gasteiger partial charge in [0.25, 0.3) is 0 Å². The Bertz CT molecular complexity index is 967. The van der Waals surface area contributed by atoms with Gasteiger partial charge in [-0.05, 0) is 52.8 Å². The number of benzene rings is 3. The minimum atomic E-state index is -0.119. The molecule has 0 saturated carbocycles. The first-order chi connectivity index (χ1) is 14.3. The summed E-state index contributed by atoms with van der Waals surface area (Å²) in [6.07, 6.45) is 1.37. The van der Waals surface area contributed by atoms with Gasteiger partial charge in [0.2, 0.25) is 0 Å². The highest BCUT2D eigenvalue weighted by Crippen LogP contribution is 2.27. The van der Waals surface area contributed by atoms with Crippen LogP contribution in [0.1, 0.15) is 67.2 Å². The molecule has 0 aliphatic carbocycles. The molecule has 1 N–H and O–H groups in total. The molecule has 2 nitrogen and oxygen atoms in total. The van der Waals surface area contributed by atoms with Gasteiger partial charge >= 0.3 is 0 Å². The van der Waals surface area contributed by atoms with Crippen LogP contribution in [0.15, 0.2) is 72.8 Å². The van der Waals surface area contributed by atoms with E-state index >= 15 is 0 Å². The monoisotopic (exact) mass is 419 g/mol. The van der Waals surface area contributed by atoms with E-state index in [4.69, 9.17) is 11.6 Å². The van der Waals surface area contributed by atoms with Crippen molar-refractivity contribution >= 4 is 23.1 Å². The fourth-order valence-corrected chi connectivity index (χ4v) is 3.57. The van der Waals surface area contributed by atoms with E-state index in [0.717, 1.165) is 23.2 Å². The molecule has 156 valence electrons. The predicted molar refractivity (Wildman–Crippen MR) is 128 cm³/mol. The third kappa shape index (κ3) is 5.73. The maximum absolute atomic E-state index is 13.1. The Morgan fingerprint density at radius 1 is 0.900 bits per heavy atom. The zero-order valence-corrected chi connectivity index (χ0v) is 19.0. The standard InChI is InChI=1S/C27H30ClNO/c1-5-19-6-8-20(9-7-19)25(29-24-16-14-23(28)15-17-24)18-26(30)21-10-12-22(13-11-21)27(2,3)4/h6-17,25,29H,5,18H2,1-4H3/t25-/m1/s1. The zero-order valence-electron chi connectivity index (χ0n) is 18.2. The second kappa shape index (κ2) is 9.49. The van der Waals surface area contributed by atoms with E-state index in [1.54, 1.807) is 0 Å². The average molecular weight is 420 g/mol. The number of aryl methyl sites for hydroxylation is 1. The van der Waals surface area contributed by atoms with Gasteiger partial charge in [0.15, 0.2) is 5.78 Å². The summed E-state index contributed by atoms with van der Waals surface area (Å²) in [4.78, 5) is 13.1.